The quantitative estimate of drug-likeness (QED) is 0.871. The SMILES string of the molecule is CNCC(C)c1ccc(CN2CCN(C)CC2)cc1. The van der Waals surface area contributed by atoms with Crippen molar-refractivity contribution in [3.05, 3.63) is 35.4 Å². The highest BCUT2D eigenvalue weighted by atomic mass is 15.2. The summed E-state index contributed by atoms with van der Waals surface area (Å²) in [6.45, 7) is 9.16. The molecule has 1 aromatic rings. The lowest BCUT2D eigenvalue weighted by atomic mass is 9.99. The summed E-state index contributed by atoms with van der Waals surface area (Å²) in [4.78, 5) is 4.95. The van der Waals surface area contributed by atoms with Crippen LogP contribution in [0.1, 0.15) is 24.0 Å². The van der Waals surface area contributed by atoms with Crippen molar-refractivity contribution < 1.29 is 0 Å². The van der Waals surface area contributed by atoms with Crippen LogP contribution in [0.4, 0.5) is 0 Å². The summed E-state index contributed by atoms with van der Waals surface area (Å²) in [5.74, 6) is 0.586. The second-order valence-corrected chi connectivity index (χ2v) is 5.78. The predicted octanol–water partition coefficient (Wildman–Crippen LogP) is 1.76. The first-order chi connectivity index (χ1) is 9.19. The Bertz CT molecular complexity index is 366. The van der Waals surface area contributed by atoms with Crippen molar-refractivity contribution in [2.75, 3.05) is 46.8 Å². The monoisotopic (exact) mass is 261 g/mol. The highest BCUT2D eigenvalue weighted by Crippen LogP contribution is 2.16. The molecule has 3 heteroatoms. The fourth-order valence-electron chi connectivity index (χ4n) is 2.64. The first-order valence-corrected chi connectivity index (χ1v) is 7.33. The summed E-state index contributed by atoms with van der Waals surface area (Å²) < 4.78 is 0. The number of nitrogens with zero attached hydrogens (tertiary/aromatic N) is 2. The molecule has 3 nitrogen and oxygen atoms in total. The van der Waals surface area contributed by atoms with Crippen molar-refractivity contribution in [3.8, 4) is 0 Å². The number of piperazine rings is 1. The largest absolute Gasteiger partial charge is 0.319 e. The van der Waals surface area contributed by atoms with Crippen LogP contribution in [0.15, 0.2) is 24.3 Å². The molecule has 1 fully saturated rings. The molecule has 1 unspecified atom stereocenters. The Labute approximate surface area is 117 Å². The summed E-state index contributed by atoms with van der Waals surface area (Å²) in [6, 6.07) is 9.15. The van der Waals surface area contributed by atoms with Gasteiger partial charge in [-0.2, -0.15) is 0 Å². The number of benzene rings is 1. The van der Waals surface area contributed by atoms with Crippen LogP contribution in [0, 0.1) is 0 Å². The summed E-state index contributed by atoms with van der Waals surface area (Å²) in [6.07, 6.45) is 0. The molecule has 1 aliphatic rings. The Kier molecular flexibility index (Phi) is 5.37. The van der Waals surface area contributed by atoms with Gasteiger partial charge in [0.25, 0.3) is 0 Å². The second-order valence-electron chi connectivity index (χ2n) is 5.78. The fraction of sp³-hybridized carbons (Fsp3) is 0.625. The number of rotatable bonds is 5. The van der Waals surface area contributed by atoms with Gasteiger partial charge >= 0.3 is 0 Å². The van der Waals surface area contributed by atoms with Crippen LogP contribution >= 0.6 is 0 Å². The third kappa shape index (κ3) is 4.30. The Morgan fingerprint density at radius 2 is 1.74 bits per heavy atom. The molecule has 2 rings (SSSR count). The molecular weight excluding hydrogens is 234 g/mol. The Morgan fingerprint density at radius 1 is 1.11 bits per heavy atom. The summed E-state index contributed by atoms with van der Waals surface area (Å²) >= 11 is 0. The maximum atomic E-state index is 3.24. The summed E-state index contributed by atoms with van der Waals surface area (Å²) in [5.41, 5.74) is 2.86. The van der Waals surface area contributed by atoms with Crippen molar-refractivity contribution in [1.82, 2.24) is 15.1 Å². The molecule has 106 valence electrons. The van der Waals surface area contributed by atoms with Crippen molar-refractivity contribution >= 4 is 0 Å². The van der Waals surface area contributed by atoms with E-state index >= 15 is 0 Å². The summed E-state index contributed by atoms with van der Waals surface area (Å²) in [7, 11) is 4.22. The minimum atomic E-state index is 0.586. The maximum Gasteiger partial charge on any atom is 0.0234 e. The average molecular weight is 261 g/mol. The van der Waals surface area contributed by atoms with Gasteiger partial charge < -0.3 is 10.2 Å². The van der Waals surface area contributed by atoms with E-state index in [0.29, 0.717) is 5.92 Å². The molecule has 1 aromatic carbocycles. The zero-order chi connectivity index (χ0) is 13.7. The lowest BCUT2D eigenvalue weighted by molar-refractivity contribution is 0.148. The standard InChI is InChI=1S/C16H27N3/c1-14(12-17-2)16-6-4-15(5-7-16)13-19-10-8-18(3)9-11-19/h4-7,14,17H,8-13H2,1-3H3. The lowest BCUT2D eigenvalue weighted by Gasteiger charge is -2.32. The molecule has 0 bridgehead atoms. The normalized spacial score (nSPS) is 19.5. The minimum Gasteiger partial charge on any atom is -0.319 e. The van der Waals surface area contributed by atoms with Gasteiger partial charge in [-0.25, -0.2) is 0 Å². The topological polar surface area (TPSA) is 18.5 Å². The van der Waals surface area contributed by atoms with Crippen molar-refractivity contribution in [2.45, 2.75) is 19.4 Å². The van der Waals surface area contributed by atoms with E-state index in [1.54, 1.807) is 0 Å². The van der Waals surface area contributed by atoms with Crippen LogP contribution < -0.4 is 5.32 Å². The minimum absolute atomic E-state index is 0.586. The smallest absolute Gasteiger partial charge is 0.0234 e. The van der Waals surface area contributed by atoms with Gasteiger partial charge in [-0.1, -0.05) is 31.2 Å². The van der Waals surface area contributed by atoms with E-state index in [1.807, 2.05) is 7.05 Å². The zero-order valence-corrected chi connectivity index (χ0v) is 12.5. The molecule has 1 N–H and O–H groups in total. The number of likely N-dealkylation sites (N-methyl/N-ethyl adjacent to an activating group) is 2. The molecule has 0 spiro atoms. The molecular formula is C16H27N3. The van der Waals surface area contributed by atoms with E-state index in [-0.39, 0.29) is 0 Å². The third-order valence-corrected chi connectivity index (χ3v) is 4.06. The van der Waals surface area contributed by atoms with Gasteiger partial charge in [0.15, 0.2) is 0 Å². The highest BCUT2D eigenvalue weighted by molar-refractivity contribution is 5.25. The lowest BCUT2D eigenvalue weighted by Crippen LogP contribution is -2.43. The first kappa shape index (κ1) is 14.5. The van der Waals surface area contributed by atoms with Crippen LogP contribution in [-0.2, 0) is 6.54 Å². The molecule has 1 saturated heterocycles. The molecule has 1 atom stereocenters. The van der Waals surface area contributed by atoms with Gasteiger partial charge in [-0.05, 0) is 31.1 Å². The van der Waals surface area contributed by atoms with E-state index in [2.05, 4.69) is 53.4 Å². The Hall–Kier alpha value is -0.900. The molecule has 1 heterocycles. The summed E-state index contributed by atoms with van der Waals surface area (Å²) in [5, 5.41) is 3.24. The molecule has 0 aliphatic carbocycles. The van der Waals surface area contributed by atoms with Crippen LogP contribution in [-0.4, -0.2) is 56.6 Å². The van der Waals surface area contributed by atoms with E-state index in [0.717, 1.165) is 13.1 Å². The Morgan fingerprint density at radius 3 is 2.32 bits per heavy atom. The molecule has 0 radical (unpaired) electrons. The maximum absolute atomic E-state index is 3.24. The second kappa shape index (κ2) is 7.04. The van der Waals surface area contributed by atoms with Crippen molar-refractivity contribution in [1.29, 1.82) is 0 Å². The van der Waals surface area contributed by atoms with E-state index in [1.165, 1.54) is 37.3 Å². The van der Waals surface area contributed by atoms with E-state index < -0.39 is 0 Å². The van der Waals surface area contributed by atoms with Crippen LogP contribution in [0.2, 0.25) is 0 Å². The van der Waals surface area contributed by atoms with Gasteiger partial charge in [0.1, 0.15) is 0 Å². The average Bonchev–Trinajstić information content (AvgIpc) is 2.42. The first-order valence-electron chi connectivity index (χ1n) is 7.33. The van der Waals surface area contributed by atoms with Crippen LogP contribution in [0.5, 0.6) is 0 Å². The fourth-order valence-corrected chi connectivity index (χ4v) is 2.64. The van der Waals surface area contributed by atoms with Crippen molar-refractivity contribution in [3.63, 3.8) is 0 Å². The van der Waals surface area contributed by atoms with Gasteiger partial charge in [-0.15, -0.1) is 0 Å². The Balaban J connectivity index is 1.88. The van der Waals surface area contributed by atoms with Crippen LogP contribution in [0.3, 0.4) is 0 Å². The molecule has 1 aliphatic heterocycles. The van der Waals surface area contributed by atoms with Gasteiger partial charge in [0.05, 0.1) is 0 Å². The molecule has 0 aromatic heterocycles. The molecule has 0 amide bonds. The van der Waals surface area contributed by atoms with E-state index in [4.69, 9.17) is 0 Å². The van der Waals surface area contributed by atoms with Crippen LogP contribution in [0.25, 0.3) is 0 Å². The van der Waals surface area contributed by atoms with E-state index in [9.17, 15) is 0 Å². The number of nitrogens with one attached hydrogen (secondary N) is 1. The number of hydrogen-bond donors (Lipinski definition) is 1. The highest BCUT2D eigenvalue weighted by Gasteiger charge is 2.13. The van der Waals surface area contributed by atoms with Gasteiger partial charge in [-0.3, -0.25) is 4.90 Å². The third-order valence-electron chi connectivity index (χ3n) is 4.06. The van der Waals surface area contributed by atoms with Gasteiger partial charge in [0, 0.05) is 39.3 Å². The molecule has 0 saturated carbocycles. The number of hydrogen-bond acceptors (Lipinski definition) is 3. The van der Waals surface area contributed by atoms with Gasteiger partial charge in [0.2, 0.25) is 0 Å². The predicted molar refractivity (Wildman–Crippen MR) is 81.6 cm³/mol. The zero-order valence-electron chi connectivity index (χ0n) is 12.5. The molecule has 19 heavy (non-hydrogen) atoms. The van der Waals surface area contributed by atoms with Crippen molar-refractivity contribution in [2.24, 2.45) is 0 Å².